The Labute approximate surface area is 195 Å². The minimum atomic E-state index is -0.495. The molecule has 3 rings (SSSR count). The van der Waals surface area contributed by atoms with Crippen LogP contribution in [-0.2, 0) is 17.9 Å². The molecule has 172 valence electrons. The second-order valence-electron chi connectivity index (χ2n) is 8.54. The van der Waals surface area contributed by atoms with Crippen LogP contribution in [0, 0.1) is 0 Å². The molecule has 1 N–H and O–H groups in total. The van der Waals surface area contributed by atoms with E-state index in [1.807, 2.05) is 12.1 Å². The van der Waals surface area contributed by atoms with Gasteiger partial charge in [-0.1, -0.05) is 35.9 Å². The van der Waals surface area contributed by atoms with Gasteiger partial charge in [0.15, 0.2) is 0 Å². The minimum Gasteiger partial charge on any atom is -0.496 e. The molecule has 1 heterocycles. The number of nitrogens with one attached hydrogen (secondary N) is 1. The molecular weight excluding hydrogens is 426 g/mol. The zero-order chi connectivity index (χ0) is 23.3. The number of halogens is 1. The molecular formula is C25H32ClN3O3. The number of amides is 2. The third-order valence-electron chi connectivity index (χ3n) is 6.01. The monoisotopic (exact) mass is 457 g/mol. The summed E-state index contributed by atoms with van der Waals surface area (Å²) >= 11 is 6.09. The van der Waals surface area contributed by atoms with Crippen LogP contribution in [0.5, 0.6) is 5.75 Å². The Bertz CT molecular complexity index is 946. The molecule has 0 aliphatic carbocycles. The van der Waals surface area contributed by atoms with Gasteiger partial charge in [0.2, 0.25) is 5.91 Å². The summed E-state index contributed by atoms with van der Waals surface area (Å²) in [6.45, 7) is 6.19. The zero-order valence-corrected chi connectivity index (χ0v) is 20.0. The third kappa shape index (κ3) is 5.81. The molecule has 1 aliphatic rings. The zero-order valence-electron chi connectivity index (χ0n) is 19.2. The molecule has 0 unspecified atom stereocenters. The lowest BCUT2D eigenvalue weighted by molar-refractivity contribution is -0.125. The predicted octanol–water partition coefficient (Wildman–Crippen LogP) is 4.11. The quantitative estimate of drug-likeness (QED) is 0.648. The van der Waals surface area contributed by atoms with Crippen LogP contribution in [0.25, 0.3) is 0 Å². The van der Waals surface area contributed by atoms with E-state index in [2.05, 4.69) is 43.2 Å². The Kier molecular flexibility index (Phi) is 8.15. The van der Waals surface area contributed by atoms with Gasteiger partial charge < -0.3 is 15.0 Å². The predicted molar refractivity (Wildman–Crippen MR) is 127 cm³/mol. The van der Waals surface area contributed by atoms with Crippen molar-refractivity contribution in [3.05, 3.63) is 64.2 Å². The second kappa shape index (κ2) is 10.8. The van der Waals surface area contributed by atoms with E-state index in [-0.39, 0.29) is 11.8 Å². The molecule has 1 aliphatic heterocycles. The fourth-order valence-corrected chi connectivity index (χ4v) is 4.00. The van der Waals surface area contributed by atoms with Crippen LogP contribution in [0.4, 0.5) is 0 Å². The van der Waals surface area contributed by atoms with Crippen molar-refractivity contribution in [2.24, 2.45) is 0 Å². The first-order valence-corrected chi connectivity index (χ1v) is 11.4. The summed E-state index contributed by atoms with van der Waals surface area (Å²) in [5.41, 5.74) is 2.64. The largest absolute Gasteiger partial charge is 0.496 e. The highest BCUT2D eigenvalue weighted by Gasteiger charge is 2.35. The standard InChI is InChI=1S/C25H32ClN3O3/c1-17(2)28(3)16-19-9-7-18(8-10-19)15-27-24(30)22-6-5-13-29(22)25(31)21-14-20(26)11-12-23(21)32-4/h7-12,14,17,22H,5-6,13,15-16H2,1-4H3,(H,27,30)/t22-/m1/s1. The topological polar surface area (TPSA) is 61.9 Å². The van der Waals surface area contributed by atoms with E-state index in [9.17, 15) is 9.59 Å². The second-order valence-corrected chi connectivity index (χ2v) is 8.98. The molecule has 0 saturated carbocycles. The van der Waals surface area contributed by atoms with E-state index >= 15 is 0 Å². The Morgan fingerprint density at radius 3 is 2.53 bits per heavy atom. The van der Waals surface area contributed by atoms with E-state index < -0.39 is 6.04 Å². The number of methoxy groups -OCH3 is 1. The van der Waals surface area contributed by atoms with E-state index in [0.29, 0.717) is 41.9 Å². The highest BCUT2D eigenvalue weighted by molar-refractivity contribution is 6.31. The van der Waals surface area contributed by atoms with Crippen molar-refractivity contribution in [3.8, 4) is 5.75 Å². The molecule has 1 fully saturated rings. The van der Waals surface area contributed by atoms with Gasteiger partial charge in [0, 0.05) is 30.7 Å². The molecule has 1 saturated heterocycles. The molecule has 2 aromatic rings. The molecule has 1 atom stereocenters. The lowest BCUT2D eigenvalue weighted by Crippen LogP contribution is -2.45. The molecule has 0 aromatic heterocycles. The van der Waals surface area contributed by atoms with E-state index in [0.717, 1.165) is 18.5 Å². The van der Waals surface area contributed by atoms with E-state index in [1.165, 1.54) is 12.7 Å². The fourth-order valence-electron chi connectivity index (χ4n) is 3.82. The van der Waals surface area contributed by atoms with Gasteiger partial charge in [-0.15, -0.1) is 0 Å². The van der Waals surface area contributed by atoms with Crippen LogP contribution in [0.1, 0.15) is 48.2 Å². The van der Waals surface area contributed by atoms with Crippen molar-refractivity contribution in [2.75, 3.05) is 20.7 Å². The molecule has 0 bridgehead atoms. The number of hydrogen-bond acceptors (Lipinski definition) is 4. The summed E-state index contributed by atoms with van der Waals surface area (Å²) < 4.78 is 5.32. The fraction of sp³-hybridized carbons (Fsp3) is 0.440. The van der Waals surface area contributed by atoms with Crippen molar-refractivity contribution in [1.82, 2.24) is 15.1 Å². The average molecular weight is 458 g/mol. The van der Waals surface area contributed by atoms with Gasteiger partial charge in [0.1, 0.15) is 11.8 Å². The highest BCUT2D eigenvalue weighted by atomic mass is 35.5. The molecule has 2 aromatic carbocycles. The number of carbonyl (C=O) groups excluding carboxylic acids is 2. The number of hydrogen-bond donors (Lipinski definition) is 1. The maximum atomic E-state index is 13.1. The summed E-state index contributed by atoms with van der Waals surface area (Å²) in [6.07, 6.45) is 1.42. The SMILES string of the molecule is COc1ccc(Cl)cc1C(=O)N1CCC[C@@H]1C(=O)NCc1ccc(CN(C)C(C)C)cc1. The van der Waals surface area contributed by atoms with Gasteiger partial charge in [0.25, 0.3) is 5.91 Å². The molecule has 6 nitrogen and oxygen atoms in total. The summed E-state index contributed by atoms with van der Waals surface area (Å²) in [4.78, 5) is 29.9. The highest BCUT2D eigenvalue weighted by Crippen LogP contribution is 2.27. The maximum Gasteiger partial charge on any atom is 0.258 e. The molecule has 32 heavy (non-hydrogen) atoms. The van der Waals surface area contributed by atoms with Crippen molar-refractivity contribution >= 4 is 23.4 Å². The van der Waals surface area contributed by atoms with Crippen LogP contribution in [0.3, 0.4) is 0 Å². The summed E-state index contributed by atoms with van der Waals surface area (Å²) in [6, 6.07) is 13.2. The number of benzene rings is 2. The van der Waals surface area contributed by atoms with E-state index in [4.69, 9.17) is 16.3 Å². The number of ether oxygens (including phenoxy) is 1. The van der Waals surface area contributed by atoms with Gasteiger partial charge in [-0.25, -0.2) is 0 Å². The minimum absolute atomic E-state index is 0.138. The summed E-state index contributed by atoms with van der Waals surface area (Å²) in [7, 11) is 3.62. The smallest absolute Gasteiger partial charge is 0.258 e. The first-order chi connectivity index (χ1) is 15.3. The van der Waals surface area contributed by atoms with Gasteiger partial charge >= 0.3 is 0 Å². The number of nitrogens with zero attached hydrogens (tertiary/aromatic N) is 2. The maximum absolute atomic E-state index is 13.1. The Balaban J connectivity index is 1.61. The molecule has 0 radical (unpaired) electrons. The number of likely N-dealkylation sites (tertiary alicyclic amines) is 1. The van der Waals surface area contributed by atoms with Crippen LogP contribution >= 0.6 is 11.6 Å². The Hall–Kier alpha value is -2.57. The lowest BCUT2D eigenvalue weighted by atomic mass is 10.1. The van der Waals surface area contributed by atoms with Crippen molar-refractivity contribution in [3.63, 3.8) is 0 Å². The van der Waals surface area contributed by atoms with Crippen LogP contribution in [0.15, 0.2) is 42.5 Å². The summed E-state index contributed by atoms with van der Waals surface area (Å²) in [5.74, 6) is 0.0785. The van der Waals surface area contributed by atoms with Crippen molar-refractivity contribution in [2.45, 2.75) is 51.9 Å². The third-order valence-corrected chi connectivity index (χ3v) is 6.25. The number of rotatable bonds is 8. The van der Waals surface area contributed by atoms with E-state index in [1.54, 1.807) is 23.1 Å². The molecule has 0 spiro atoms. The first-order valence-electron chi connectivity index (χ1n) is 11.0. The van der Waals surface area contributed by atoms with Crippen LogP contribution < -0.4 is 10.1 Å². The Morgan fingerprint density at radius 1 is 1.19 bits per heavy atom. The van der Waals surface area contributed by atoms with Crippen LogP contribution in [0.2, 0.25) is 5.02 Å². The van der Waals surface area contributed by atoms with Gasteiger partial charge in [-0.3, -0.25) is 14.5 Å². The average Bonchev–Trinajstić information content (AvgIpc) is 3.28. The van der Waals surface area contributed by atoms with Gasteiger partial charge in [-0.05, 0) is 63.1 Å². The number of carbonyl (C=O) groups is 2. The van der Waals surface area contributed by atoms with Crippen LogP contribution in [-0.4, -0.2) is 54.4 Å². The van der Waals surface area contributed by atoms with Gasteiger partial charge in [-0.2, -0.15) is 0 Å². The molecule has 2 amide bonds. The van der Waals surface area contributed by atoms with Crippen molar-refractivity contribution < 1.29 is 14.3 Å². The van der Waals surface area contributed by atoms with Gasteiger partial charge in [0.05, 0.1) is 12.7 Å². The summed E-state index contributed by atoms with van der Waals surface area (Å²) in [5, 5.41) is 3.45. The Morgan fingerprint density at radius 2 is 1.88 bits per heavy atom. The van der Waals surface area contributed by atoms with Crippen molar-refractivity contribution in [1.29, 1.82) is 0 Å². The first kappa shape index (κ1) is 24.1. The normalized spacial score (nSPS) is 16.0. The molecule has 7 heteroatoms. The lowest BCUT2D eigenvalue weighted by Gasteiger charge is -2.25.